The Hall–Kier alpha value is -0.0500. The first-order valence-corrected chi connectivity index (χ1v) is 7.63. The predicted octanol–water partition coefficient (Wildman–Crippen LogP) is 3.20. The Balaban J connectivity index is 1.98. The third-order valence-electron chi connectivity index (χ3n) is 4.25. The zero-order valence-electron chi connectivity index (χ0n) is 10.2. The smallest absolute Gasteiger partial charge is 0.228 e. The molecule has 0 radical (unpaired) electrons. The Bertz CT molecular complexity index is 261. The average molecular weight is 288 g/mol. The summed E-state index contributed by atoms with van der Waals surface area (Å²) in [5.41, 5.74) is -0.0335. The highest BCUT2D eigenvalue weighted by atomic mass is 79.9. The molecule has 2 fully saturated rings. The van der Waals surface area contributed by atoms with E-state index in [9.17, 15) is 4.79 Å². The number of hydrogen-bond acceptors (Lipinski definition) is 1. The van der Waals surface area contributed by atoms with E-state index in [2.05, 4.69) is 27.8 Å². The van der Waals surface area contributed by atoms with Gasteiger partial charge in [-0.25, -0.2) is 0 Å². The monoisotopic (exact) mass is 287 g/mol. The van der Waals surface area contributed by atoms with Gasteiger partial charge in [-0.1, -0.05) is 35.7 Å². The number of halogens is 1. The van der Waals surface area contributed by atoms with Gasteiger partial charge in [-0.2, -0.15) is 0 Å². The third kappa shape index (κ3) is 2.44. The van der Waals surface area contributed by atoms with Crippen LogP contribution in [-0.4, -0.2) is 29.2 Å². The fourth-order valence-electron chi connectivity index (χ4n) is 3.13. The van der Waals surface area contributed by atoms with E-state index < -0.39 is 0 Å². The average Bonchev–Trinajstić information content (AvgIpc) is 2.76. The van der Waals surface area contributed by atoms with Crippen molar-refractivity contribution < 1.29 is 4.79 Å². The lowest BCUT2D eigenvalue weighted by atomic mass is 9.86. The minimum absolute atomic E-state index is 0.0335. The lowest BCUT2D eigenvalue weighted by Gasteiger charge is -2.37. The van der Waals surface area contributed by atoms with Crippen molar-refractivity contribution in [3.8, 4) is 0 Å². The Morgan fingerprint density at radius 3 is 2.69 bits per heavy atom. The second kappa shape index (κ2) is 5.07. The molecule has 2 aliphatic rings. The van der Waals surface area contributed by atoms with Crippen molar-refractivity contribution in [3.63, 3.8) is 0 Å². The molecule has 1 saturated heterocycles. The van der Waals surface area contributed by atoms with Crippen LogP contribution < -0.4 is 0 Å². The summed E-state index contributed by atoms with van der Waals surface area (Å²) in [4.78, 5) is 14.6. The molecule has 1 atom stereocenters. The zero-order valence-corrected chi connectivity index (χ0v) is 11.8. The molecular formula is C13H22BrNO. The molecule has 2 nitrogen and oxygen atoms in total. The van der Waals surface area contributed by atoms with Crippen molar-refractivity contribution in [2.45, 2.75) is 45.4 Å². The molecule has 0 bridgehead atoms. The maximum Gasteiger partial charge on any atom is 0.228 e. The van der Waals surface area contributed by atoms with Gasteiger partial charge in [-0.3, -0.25) is 4.79 Å². The Morgan fingerprint density at radius 1 is 1.38 bits per heavy atom. The molecule has 1 unspecified atom stereocenters. The van der Waals surface area contributed by atoms with E-state index in [0.29, 0.717) is 11.8 Å². The largest absolute Gasteiger partial charge is 0.342 e. The van der Waals surface area contributed by atoms with Gasteiger partial charge in [0.25, 0.3) is 0 Å². The van der Waals surface area contributed by atoms with Gasteiger partial charge < -0.3 is 4.90 Å². The Kier molecular flexibility index (Phi) is 3.93. The van der Waals surface area contributed by atoms with Gasteiger partial charge in [0.1, 0.15) is 0 Å². The number of likely N-dealkylation sites (tertiary alicyclic amines) is 1. The van der Waals surface area contributed by atoms with Crippen LogP contribution in [-0.2, 0) is 4.79 Å². The molecule has 1 heterocycles. The van der Waals surface area contributed by atoms with Crippen molar-refractivity contribution in [3.05, 3.63) is 0 Å². The number of nitrogens with zero attached hydrogens (tertiary/aromatic N) is 1. The van der Waals surface area contributed by atoms with E-state index in [-0.39, 0.29) is 5.41 Å². The summed E-state index contributed by atoms with van der Waals surface area (Å²) in [6, 6.07) is 0. The fraction of sp³-hybridized carbons (Fsp3) is 0.923. The lowest BCUT2D eigenvalue weighted by molar-refractivity contribution is -0.142. The predicted molar refractivity (Wildman–Crippen MR) is 69.7 cm³/mol. The number of carbonyl (C=O) groups excluding carboxylic acids is 1. The summed E-state index contributed by atoms with van der Waals surface area (Å²) in [6.45, 7) is 4.12. The first-order chi connectivity index (χ1) is 7.65. The van der Waals surface area contributed by atoms with E-state index >= 15 is 0 Å². The molecule has 92 valence electrons. The maximum absolute atomic E-state index is 12.5. The van der Waals surface area contributed by atoms with Gasteiger partial charge in [0.05, 0.1) is 0 Å². The number of alkyl halides is 1. The highest BCUT2D eigenvalue weighted by molar-refractivity contribution is 9.09. The van der Waals surface area contributed by atoms with E-state index in [4.69, 9.17) is 0 Å². The van der Waals surface area contributed by atoms with Crippen molar-refractivity contribution in [2.75, 3.05) is 18.4 Å². The van der Waals surface area contributed by atoms with E-state index in [1.807, 2.05) is 0 Å². The molecule has 1 aliphatic heterocycles. The highest BCUT2D eigenvalue weighted by Crippen LogP contribution is 2.39. The van der Waals surface area contributed by atoms with Crippen LogP contribution in [0.25, 0.3) is 0 Å². The number of amides is 1. The van der Waals surface area contributed by atoms with Gasteiger partial charge in [0.15, 0.2) is 0 Å². The molecule has 1 aliphatic carbocycles. The van der Waals surface area contributed by atoms with Crippen LogP contribution >= 0.6 is 15.9 Å². The first kappa shape index (κ1) is 12.4. The molecule has 2 rings (SSSR count). The van der Waals surface area contributed by atoms with Crippen LogP contribution in [0.1, 0.15) is 45.4 Å². The SMILES string of the molecule is CC1(C(=O)N2CCCC(CBr)C2)CCCC1. The maximum atomic E-state index is 12.5. The van der Waals surface area contributed by atoms with E-state index in [1.165, 1.54) is 25.7 Å². The highest BCUT2D eigenvalue weighted by Gasteiger charge is 2.40. The van der Waals surface area contributed by atoms with E-state index in [1.54, 1.807) is 0 Å². The minimum atomic E-state index is -0.0335. The van der Waals surface area contributed by atoms with Gasteiger partial charge in [-0.15, -0.1) is 0 Å². The Morgan fingerprint density at radius 2 is 2.06 bits per heavy atom. The summed E-state index contributed by atoms with van der Waals surface area (Å²) in [5, 5.41) is 1.04. The number of piperidine rings is 1. The van der Waals surface area contributed by atoms with Gasteiger partial charge in [-0.05, 0) is 31.6 Å². The quantitative estimate of drug-likeness (QED) is 0.715. The summed E-state index contributed by atoms with van der Waals surface area (Å²) in [7, 11) is 0. The van der Waals surface area contributed by atoms with E-state index in [0.717, 1.165) is 31.3 Å². The standard InChI is InChI=1S/C13H22BrNO/c1-13(6-2-3-7-13)12(16)15-8-4-5-11(9-14)10-15/h11H,2-10H2,1H3. The molecule has 1 saturated carbocycles. The summed E-state index contributed by atoms with van der Waals surface area (Å²) >= 11 is 3.55. The molecule has 0 aromatic rings. The molecule has 0 aromatic heterocycles. The van der Waals surface area contributed by atoms with Crippen LogP contribution in [0.4, 0.5) is 0 Å². The first-order valence-electron chi connectivity index (χ1n) is 6.51. The Labute approximate surface area is 107 Å². The number of hydrogen-bond donors (Lipinski definition) is 0. The van der Waals surface area contributed by atoms with Gasteiger partial charge in [0, 0.05) is 23.8 Å². The normalized spacial score (nSPS) is 29.4. The molecule has 0 N–H and O–H groups in total. The minimum Gasteiger partial charge on any atom is -0.342 e. The molecule has 0 spiro atoms. The van der Waals surface area contributed by atoms with Crippen molar-refractivity contribution in [1.82, 2.24) is 4.90 Å². The lowest BCUT2D eigenvalue weighted by Crippen LogP contribution is -2.46. The van der Waals surface area contributed by atoms with Crippen LogP contribution in [0.15, 0.2) is 0 Å². The van der Waals surface area contributed by atoms with Crippen LogP contribution in [0, 0.1) is 11.3 Å². The molecule has 16 heavy (non-hydrogen) atoms. The summed E-state index contributed by atoms with van der Waals surface area (Å²) in [6.07, 6.45) is 7.11. The zero-order chi connectivity index (χ0) is 11.6. The fourth-order valence-corrected chi connectivity index (χ4v) is 3.65. The van der Waals surface area contributed by atoms with Crippen molar-refractivity contribution in [2.24, 2.45) is 11.3 Å². The van der Waals surface area contributed by atoms with Crippen LogP contribution in [0.3, 0.4) is 0 Å². The third-order valence-corrected chi connectivity index (χ3v) is 5.16. The van der Waals surface area contributed by atoms with Crippen LogP contribution in [0.2, 0.25) is 0 Å². The second-order valence-electron chi connectivity index (χ2n) is 5.68. The number of carbonyl (C=O) groups is 1. The summed E-state index contributed by atoms with van der Waals surface area (Å²) < 4.78 is 0. The molecule has 0 aromatic carbocycles. The number of rotatable bonds is 2. The van der Waals surface area contributed by atoms with Gasteiger partial charge >= 0.3 is 0 Å². The molecule has 3 heteroatoms. The van der Waals surface area contributed by atoms with Crippen molar-refractivity contribution >= 4 is 21.8 Å². The van der Waals surface area contributed by atoms with Crippen molar-refractivity contribution in [1.29, 1.82) is 0 Å². The topological polar surface area (TPSA) is 20.3 Å². The molecule has 1 amide bonds. The van der Waals surface area contributed by atoms with Crippen LogP contribution in [0.5, 0.6) is 0 Å². The summed E-state index contributed by atoms with van der Waals surface area (Å²) in [5.74, 6) is 1.10. The molecular weight excluding hydrogens is 266 g/mol. The second-order valence-corrected chi connectivity index (χ2v) is 6.33. The van der Waals surface area contributed by atoms with Gasteiger partial charge in [0.2, 0.25) is 5.91 Å².